The Balaban J connectivity index is 1.94. The van der Waals surface area contributed by atoms with Gasteiger partial charge in [-0.25, -0.2) is 0 Å². The minimum Gasteiger partial charge on any atom is -0.370 e. The topological polar surface area (TPSA) is 41.1 Å². The zero-order chi connectivity index (χ0) is 14.1. The van der Waals surface area contributed by atoms with E-state index in [9.17, 15) is 4.79 Å². The molecular weight excluding hydrogens is 272 g/mol. The summed E-state index contributed by atoms with van der Waals surface area (Å²) in [6, 6.07) is 12.3. The van der Waals surface area contributed by atoms with E-state index in [1.165, 1.54) is 0 Å². The number of benzene rings is 2. The van der Waals surface area contributed by atoms with Crippen LogP contribution in [0.15, 0.2) is 42.5 Å². The van der Waals surface area contributed by atoms with E-state index in [0.29, 0.717) is 5.02 Å². The van der Waals surface area contributed by atoms with Crippen LogP contribution in [0, 0.1) is 12.3 Å². The number of carbonyl (C=O) groups is 1. The molecule has 2 N–H and O–H groups in total. The van der Waals surface area contributed by atoms with Gasteiger partial charge in [0.1, 0.15) is 6.04 Å². The monoisotopic (exact) mass is 282 g/mol. The van der Waals surface area contributed by atoms with Gasteiger partial charge in [0.05, 0.1) is 0 Å². The Kier molecular flexibility index (Phi) is 3.09. The van der Waals surface area contributed by atoms with Crippen molar-refractivity contribution in [3.05, 3.63) is 58.6 Å². The van der Waals surface area contributed by atoms with Gasteiger partial charge in [0.15, 0.2) is 0 Å². The molecule has 0 saturated heterocycles. The van der Waals surface area contributed by atoms with E-state index in [2.05, 4.69) is 16.6 Å². The number of fused-ring (bicyclic) bond motifs is 1. The third kappa shape index (κ3) is 2.22. The van der Waals surface area contributed by atoms with Crippen LogP contribution in [0.3, 0.4) is 0 Å². The lowest BCUT2D eigenvalue weighted by Gasteiger charge is -2.13. The number of amides is 1. The van der Waals surface area contributed by atoms with E-state index in [1.54, 1.807) is 18.2 Å². The van der Waals surface area contributed by atoms with Gasteiger partial charge in [0, 0.05) is 27.5 Å². The molecule has 0 aromatic heterocycles. The van der Waals surface area contributed by atoms with Crippen LogP contribution in [-0.4, -0.2) is 5.91 Å². The first-order valence-corrected chi connectivity index (χ1v) is 6.49. The molecule has 2 aromatic rings. The van der Waals surface area contributed by atoms with E-state index < -0.39 is 6.04 Å². The highest BCUT2D eigenvalue weighted by Gasteiger charge is 2.30. The molecule has 0 spiro atoms. The molecule has 1 atom stereocenters. The second-order valence-corrected chi connectivity index (χ2v) is 4.96. The first-order valence-electron chi connectivity index (χ1n) is 6.11. The lowest BCUT2D eigenvalue weighted by atomic mass is 10.1. The third-order valence-electron chi connectivity index (χ3n) is 3.18. The molecule has 0 radical (unpaired) electrons. The van der Waals surface area contributed by atoms with Gasteiger partial charge < -0.3 is 10.6 Å². The summed E-state index contributed by atoms with van der Waals surface area (Å²) in [5, 5.41) is 6.61. The Morgan fingerprint density at radius 2 is 2.10 bits per heavy atom. The van der Waals surface area contributed by atoms with Crippen molar-refractivity contribution in [2.45, 2.75) is 6.04 Å². The minimum atomic E-state index is -0.461. The van der Waals surface area contributed by atoms with Gasteiger partial charge in [0.25, 0.3) is 5.91 Å². The molecule has 1 heterocycles. The van der Waals surface area contributed by atoms with Crippen LogP contribution in [0.1, 0.15) is 17.2 Å². The van der Waals surface area contributed by atoms with Crippen molar-refractivity contribution in [2.75, 3.05) is 10.6 Å². The fraction of sp³-hybridized carbons (Fsp3) is 0.0625. The Morgan fingerprint density at radius 3 is 2.90 bits per heavy atom. The van der Waals surface area contributed by atoms with Crippen LogP contribution < -0.4 is 10.6 Å². The van der Waals surface area contributed by atoms with Gasteiger partial charge in [-0.2, -0.15) is 0 Å². The van der Waals surface area contributed by atoms with Gasteiger partial charge in [0.2, 0.25) is 0 Å². The summed E-state index contributed by atoms with van der Waals surface area (Å²) >= 11 is 5.99. The fourth-order valence-corrected chi connectivity index (χ4v) is 2.42. The van der Waals surface area contributed by atoms with E-state index >= 15 is 0 Å². The highest BCUT2D eigenvalue weighted by molar-refractivity contribution is 6.31. The standard InChI is InChI=1S/C16H11ClN2O/c1-2-10-4-3-5-12(8-10)18-15-13-9-11(17)6-7-14(13)19-16(15)20/h1,3-9,15,18H,(H,19,20). The lowest BCUT2D eigenvalue weighted by Crippen LogP contribution is -2.19. The molecule has 20 heavy (non-hydrogen) atoms. The van der Waals surface area contributed by atoms with Gasteiger partial charge in [-0.1, -0.05) is 23.6 Å². The van der Waals surface area contributed by atoms with Gasteiger partial charge in [-0.15, -0.1) is 6.42 Å². The fourth-order valence-electron chi connectivity index (χ4n) is 2.24. The number of carbonyl (C=O) groups excluding carboxylic acids is 1. The summed E-state index contributed by atoms with van der Waals surface area (Å²) in [7, 11) is 0. The second-order valence-electron chi connectivity index (χ2n) is 4.52. The second kappa shape index (κ2) is 4.92. The zero-order valence-electron chi connectivity index (χ0n) is 10.5. The molecule has 1 unspecified atom stereocenters. The minimum absolute atomic E-state index is 0.103. The molecule has 3 nitrogen and oxygen atoms in total. The Bertz CT molecular complexity index is 733. The van der Waals surface area contributed by atoms with Gasteiger partial charge >= 0.3 is 0 Å². The van der Waals surface area contributed by atoms with Crippen molar-refractivity contribution in [2.24, 2.45) is 0 Å². The van der Waals surface area contributed by atoms with Crippen molar-refractivity contribution in [3.63, 3.8) is 0 Å². The van der Waals surface area contributed by atoms with Crippen molar-refractivity contribution in [3.8, 4) is 12.3 Å². The predicted octanol–water partition coefficient (Wildman–Crippen LogP) is 3.43. The first-order chi connectivity index (χ1) is 9.67. The molecule has 0 saturated carbocycles. The zero-order valence-corrected chi connectivity index (χ0v) is 11.2. The number of rotatable bonds is 2. The molecule has 1 amide bonds. The summed E-state index contributed by atoms with van der Waals surface area (Å²) < 4.78 is 0. The summed E-state index contributed by atoms with van der Waals surface area (Å²) in [5.74, 6) is 2.47. The largest absolute Gasteiger partial charge is 0.370 e. The average Bonchev–Trinajstić information content (AvgIpc) is 2.75. The van der Waals surface area contributed by atoms with Crippen LogP contribution in [-0.2, 0) is 4.79 Å². The normalized spacial score (nSPS) is 16.2. The molecule has 4 heteroatoms. The highest BCUT2D eigenvalue weighted by Crippen LogP contribution is 2.35. The summed E-state index contributed by atoms with van der Waals surface area (Å²) in [6.45, 7) is 0. The average molecular weight is 283 g/mol. The van der Waals surface area contributed by atoms with Crippen molar-refractivity contribution < 1.29 is 4.79 Å². The quantitative estimate of drug-likeness (QED) is 0.829. The smallest absolute Gasteiger partial charge is 0.251 e. The molecule has 0 fully saturated rings. The molecule has 98 valence electrons. The number of halogens is 1. The van der Waals surface area contributed by atoms with Crippen molar-refractivity contribution in [1.29, 1.82) is 0 Å². The summed E-state index contributed by atoms with van der Waals surface area (Å²) in [4.78, 5) is 12.0. The lowest BCUT2D eigenvalue weighted by molar-refractivity contribution is -0.116. The molecule has 0 aliphatic carbocycles. The summed E-state index contributed by atoms with van der Waals surface area (Å²) in [6.07, 6.45) is 5.38. The number of anilines is 2. The van der Waals surface area contributed by atoms with E-state index in [1.807, 2.05) is 24.3 Å². The van der Waals surface area contributed by atoms with E-state index in [-0.39, 0.29) is 5.91 Å². The molecule has 0 bridgehead atoms. The van der Waals surface area contributed by atoms with Crippen LogP contribution in [0.4, 0.5) is 11.4 Å². The Morgan fingerprint density at radius 1 is 1.25 bits per heavy atom. The van der Waals surface area contributed by atoms with Crippen LogP contribution >= 0.6 is 11.6 Å². The van der Waals surface area contributed by atoms with E-state index in [4.69, 9.17) is 18.0 Å². The number of terminal acetylenes is 1. The maximum atomic E-state index is 12.0. The molecule has 1 aliphatic rings. The molecule has 2 aromatic carbocycles. The molecule has 3 rings (SSSR count). The highest BCUT2D eigenvalue weighted by atomic mass is 35.5. The number of hydrogen-bond acceptors (Lipinski definition) is 2. The van der Waals surface area contributed by atoms with Crippen molar-refractivity contribution >= 4 is 28.9 Å². The maximum Gasteiger partial charge on any atom is 0.251 e. The van der Waals surface area contributed by atoms with Crippen LogP contribution in [0.2, 0.25) is 5.02 Å². The van der Waals surface area contributed by atoms with Crippen molar-refractivity contribution in [1.82, 2.24) is 0 Å². The van der Waals surface area contributed by atoms with Gasteiger partial charge in [-0.05, 0) is 36.4 Å². The summed E-state index contributed by atoms with van der Waals surface area (Å²) in [5.41, 5.74) is 3.19. The number of hydrogen-bond donors (Lipinski definition) is 2. The molecular formula is C16H11ClN2O. The Labute approximate surface area is 122 Å². The van der Waals surface area contributed by atoms with E-state index in [0.717, 1.165) is 22.5 Å². The SMILES string of the molecule is C#Cc1cccc(NC2C(=O)Nc3ccc(Cl)cc32)c1. The number of nitrogens with one attached hydrogen (secondary N) is 2. The maximum absolute atomic E-state index is 12.0. The van der Waals surface area contributed by atoms with Gasteiger partial charge in [-0.3, -0.25) is 4.79 Å². The van der Waals surface area contributed by atoms with Crippen LogP contribution in [0.5, 0.6) is 0 Å². The van der Waals surface area contributed by atoms with Crippen LogP contribution in [0.25, 0.3) is 0 Å². The third-order valence-corrected chi connectivity index (χ3v) is 3.42. The Hall–Kier alpha value is -2.44. The predicted molar refractivity (Wildman–Crippen MR) is 80.8 cm³/mol. The molecule has 1 aliphatic heterocycles. The first kappa shape index (κ1) is 12.6.